The van der Waals surface area contributed by atoms with E-state index in [1.807, 2.05) is 0 Å². The van der Waals surface area contributed by atoms with Gasteiger partial charge in [0.05, 0.1) is 17.0 Å². The van der Waals surface area contributed by atoms with Crippen LogP contribution in [0.5, 0.6) is 5.75 Å². The SMILES string of the molecule is Cc1nnc(N2C(=O)c3oc4ccc(Cl)cc4c(=O)c3C2c2ccc(O)cc2)s1. The number of aromatic hydroxyl groups is 1. The largest absolute Gasteiger partial charge is 0.508 e. The molecule has 9 heteroatoms. The highest BCUT2D eigenvalue weighted by atomic mass is 35.5. The van der Waals surface area contributed by atoms with Gasteiger partial charge in [-0.05, 0) is 42.8 Å². The van der Waals surface area contributed by atoms with E-state index in [0.717, 1.165) is 0 Å². The van der Waals surface area contributed by atoms with Gasteiger partial charge >= 0.3 is 0 Å². The minimum atomic E-state index is -0.759. The Morgan fingerprint density at radius 3 is 2.59 bits per heavy atom. The first-order chi connectivity index (χ1) is 13.9. The van der Waals surface area contributed by atoms with Crippen molar-refractivity contribution in [2.24, 2.45) is 0 Å². The zero-order chi connectivity index (χ0) is 20.3. The van der Waals surface area contributed by atoms with Crippen LogP contribution in [0.1, 0.15) is 32.7 Å². The number of nitrogens with zero attached hydrogens (tertiary/aromatic N) is 3. The van der Waals surface area contributed by atoms with Crippen molar-refractivity contribution in [1.82, 2.24) is 10.2 Å². The number of aryl methyl sites for hydroxylation is 1. The first kappa shape index (κ1) is 17.8. The van der Waals surface area contributed by atoms with E-state index in [4.69, 9.17) is 16.0 Å². The summed E-state index contributed by atoms with van der Waals surface area (Å²) in [6.07, 6.45) is 0. The summed E-state index contributed by atoms with van der Waals surface area (Å²) >= 11 is 7.31. The van der Waals surface area contributed by atoms with Crippen molar-refractivity contribution in [2.75, 3.05) is 4.90 Å². The fraction of sp³-hybridized carbons (Fsp3) is 0.100. The molecule has 29 heavy (non-hydrogen) atoms. The molecule has 144 valence electrons. The Labute approximate surface area is 172 Å². The van der Waals surface area contributed by atoms with Gasteiger partial charge in [-0.25, -0.2) is 0 Å². The molecule has 1 amide bonds. The van der Waals surface area contributed by atoms with E-state index in [1.54, 1.807) is 31.2 Å². The van der Waals surface area contributed by atoms with Crippen LogP contribution in [0.3, 0.4) is 0 Å². The van der Waals surface area contributed by atoms with Crippen LogP contribution in [0.15, 0.2) is 51.7 Å². The first-order valence-corrected chi connectivity index (χ1v) is 9.82. The van der Waals surface area contributed by atoms with Crippen LogP contribution in [-0.4, -0.2) is 21.2 Å². The summed E-state index contributed by atoms with van der Waals surface area (Å²) in [6.45, 7) is 1.78. The second-order valence-electron chi connectivity index (χ2n) is 6.59. The summed E-state index contributed by atoms with van der Waals surface area (Å²) in [5, 5.41) is 19.5. The van der Waals surface area contributed by atoms with Crippen LogP contribution in [-0.2, 0) is 0 Å². The van der Waals surface area contributed by atoms with Crippen LogP contribution in [0.25, 0.3) is 11.0 Å². The zero-order valence-electron chi connectivity index (χ0n) is 14.9. The molecule has 0 bridgehead atoms. The number of phenols is 1. The minimum Gasteiger partial charge on any atom is -0.508 e. The van der Waals surface area contributed by atoms with Crippen molar-refractivity contribution >= 4 is 44.9 Å². The Balaban J connectivity index is 1.83. The molecule has 7 nitrogen and oxygen atoms in total. The molecule has 1 unspecified atom stereocenters. The van der Waals surface area contributed by atoms with Gasteiger partial charge in [0, 0.05) is 5.02 Å². The van der Waals surface area contributed by atoms with Gasteiger partial charge in [-0.2, -0.15) is 0 Å². The highest BCUT2D eigenvalue weighted by Crippen LogP contribution is 2.42. The first-order valence-electron chi connectivity index (χ1n) is 8.63. The van der Waals surface area contributed by atoms with E-state index >= 15 is 0 Å². The lowest BCUT2D eigenvalue weighted by molar-refractivity contribution is 0.0970. The Morgan fingerprint density at radius 1 is 1.14 bits per heavy atom. The molecule has 1 N–H and O–H groups in total. The molecular weight excluding hydrogens is 414 g/mol. The number of aromatic nitrogens is 2. The highest BCUT2D eigenvalue weighted by Gasteiger charge is 2.45. The van der Waals surface area contributed by atoms with Gasteiger partial charge in [0.15, 0.2) is 5.43 Å². The predicted octanol–water partition coefficient (Wildman–Crippen LogP) is 4.06. The molecule has 0 radical (unpaired) electrons. The molecule has 4 aromatic rings. The second-order valence-corrected chi connectivity index (χ2v) is 8.18. The summed E-state index contributed by atoms with van der Waals surface area (Å²) in [7, 11) is 0. The van der Waals surface area contributed by atoms with Crippen molar-refractivity contribution in [2.45, 2.75) is 13.0 Å². The third kappa shape index (κ3) is 2.72. The molecule has 2 aromatic carbocycles. The number of rotatable bonds is 2. The van der Waals surface area contributed by atoms with E-state index in [-0.39, 0.29) is 28.1 Å². The maximum atomic E-state index is 13.4. The number of anilines is 1. The van der Waals surface area contributed by atoms with Crippen LogP contribution in [0.2, 0.25) is 5.02 Å². The van der Waals surface area contributed by atoms with Gasteiger partial charge in [-0.3, -0.25) is 14.5 Å². The molecule has 3 heterocycles. The number of halogens is 1. The summed E-state index contributed by atoms with van der Waals surface area (Å²) in [4.78, 5) is 28.1. The standard InChI is InChI=1S/C20H12ClN3O4S/c1-9-22-23-20(29-9)24-16(10-2-5-12(25)6-3-10)15-17(26)13-8-11(21)4-7-14(13)28-18(15)19(24)27/h2-8,16,25H,1H3. The third-order valence-electron chi connectivity index (χ3n) is 4.76. The van der Waals surface area contributed by atoms with E-state index in [0.29, 0.717) is 26.1 Å². The number of carbonyl (C=O) groups excluding carboxylic acids is 1. The van der Waals surface area contributed by atoms with Gasteiger partial charge in [-0.1, -0.05) is 35.1 Å². The van der Waals surface area contributed by atoms with Crippen molar-refractivity contribution in [3.8, 4) is 5.75 Å². The lowest BCUT2D eigenvalue weighted by atomic mass is 9.98. The van der Waals surface area contributed by atoms with Crippen molar-refractivity contribution in [3.05, 3.63) is 79.6 Å². The maximum absolute atomic E-state index is 13.4. The molecule has 1 atom stereocenters. The smallest absolute Gasteiger partial charge is 0.297 e. The number of hydrogen-bond acceptors (Lipinski definition) is 7. The second kappa shape index (κ2) is 6.40. The fourth-order valence-electron chi connectivity index (χ4n) is 3.50. The highest BCUT2D eigenvalue weighted by molar-refractivity contribution is 7.15. The van der Waals surface area contributed by atoms with Crippen LogP contribution in [0, 0.1) is 6.92 Å². The van der Waals surface area contributed by atoms with Crippen LogP contribution >= 0.6 is 22.9 Å². The van der Waals surface area contributed by atoms with E-state index < -0.39 is 11.9 Å². The molecule has 5 rings (SSSR count). The summed E-state index contributed by atoms with van der Waals surface area (Å²) in [5.74, 6) is -0.423. The molecule has 0 aliphatic carbocycles. The normalized spacial score (nSPS) is 15.9. The number of fused-ring (bicyclic) bond motifs is 2. The lowest BCUT2D eigenvalue weighted by Crippen LogP contribution is -2.29. The van der Waals surface area contributed by atoms with Crippen molar-refractivity contribution in [1.29, 1.82) is 0 Å². The third-order valence-corrected chi connectivity index (χ3v) is 5.84. The Kier molecular flexibility index (Phi) is 3.94. The van der Waals surface area contributed by atoms with Gasteiger partial charge in [0.2, 0.25) is 10.9 Å². The van der Waals surface area contributed by atoms with Crippen molar-refractivity contribution in [3.63, 3.8) is 0 Å². The maximum Gasteiger partial charge on any atom is 0.297 e. The Bertz CT molecular complexity index is 1350. The van der Waals surface area contributed by atoms with Gasteiger partial charge in [0.1, 0.15) is 16.3 Å². The molecule has 1 aliphatic heterocycles. The quantitative estimate of drug-likeness (QED) is 0.520. The molecule has 0 saturated heterocycles. The molecule has 0 fully saturated rings. The predicted molar refractivity (Wildman–Crippen MR) is 109 cm³/mol. The summed E-state index contributed by atoms with van der Waals surface area (Å²) in [6, 6.07) is 10.3. The van der Waals surface area contributed by atoms with Crippen LogP contribution < -0.4 is 10.3 Å². The number of hydrogen-bond donors (Lipinski definition) is 1. The molecule has 1 aliphatic rings. The molecule has 2 aromatic heterocycles. The molecular formula is C20H12ClN3O4S. The number of phenolic OH excluding ortho intramolecular Hbond substituents is 1. The number of carbonyl (C=O) groups is 1. The van der Waals surface area contributed by atoms with Crippen molar-refractivity contribution < 1.29 is 14.3 Å². The fourth-order valence-corrected chi connectivity index (χ4v) is 4.38. The number of amides is 1. The van der Waals surface area contributed by atoms with E-state index in [9.17, 15) is 14.7 Å². The molecule has 0 spiro atoms. The van der Waals surface area contributed by atoms with Crippen LogP contribution in [0.4, 0.5) is 5.13 Å². The lowest BCUT2D eigenvalue weighted by Gasteiger charge is -2.22. The van der Waals surface area contributed by atoms with E-state index in [2.05, 4.69) is 10.2 Å². The zero-order valence-corrected chi connectivity index (χ0v) is 16.5. The van der Waals surface area contributed by atoms with Gasteiger partial charge in [-0.15, -0.1) is 10.2 Å². The van der Waals surface area contributed by atoms with Gasteiger partial charge < -0.3 is 9.52 Å². The topological polar surface area (TPSA) is 96.5 Å². The monoisotopic (exact) mass is 425 g/mol. The average molecular weight is 426 g/mol. The summed E-state index contributed by atoms with van der Waals surface area (Å²) in [5.41, 5.74) is 0.796. The Morgan fingerprint density at radius 2 is 1.90 bits per heavy atom. The van der Waals surface area contributed by atoms with E-state index in [1.165, 1.54) is 34.4 Å². The molecule has 0 saturated carbocycles. The van der Waals surface area contributed by atoms with Gasteiger partial charge in [0.25, 0.3) is 5.91 Å². The number of benzene rings is 2. The minimum absolute atomic E-state index is 0.0317. The average Bonchev–Trinajstić information content (AvgIpc) is 3.25. The summed E-state index contributed by atoms with van der Waals surface area (Å²) < 4.78 is 5.84. The Hall–Kier alpha value is -3.23.